The molecule has 0 spiro atoms. The van der Waals surface area contributed by atoms with E-state index in [-0.39, 0.29) is 52.6 Å². The molecule has 19 nitrogen and oxygen atoms in total. The number of esters is 2. The molecule has 0 amide bonds. The Morgan fingerprint density at radius 1 is 0.691 bits per heavy atom. The number of hydrogen-bond acceptors (Lipinski definition) is 19. The van der Waals surface area contributed by atoms with Gasteiger partial charge in [0.05, 0.1) is 37.9 Å². The molecule has 4 saturated carbocycles. The molecule has 8 aliphatic rings. The number of carbonyl (C=O) groups is 2. The second-order valence-electron chi connectivity index (χ2n) is 23.5. The van der Waals surface area contributed by atoms with Gasteiger partial charge in [0.25, 0.3) is 0 Å². The van der Waals surface area contributed by atoms with Crippen LogP contribution in [0, 0.1) is 50.2 Å². The predicted octanol–water partition coefficient (Wildman–Crippen LogP) is 0.323. The molecule has 7 fully saturated rings. The van der Waals surface area contributed by atoms with E-state index in [1.54, 1.807) is 0 Å². The topological polar surface area (TPSA) is 301 Å². The number of hydrogen-bond donors (Lipinski definition) is 10. The SMILES string of the molecule is CC(=O)O[C@H]1CO[C@@H](O[C@H]2CC[C@@]3(C)[C@H](CC[C@]4(C)[C@@H]3CC=C3[C@@H]5CC(C)(C)CC[C@]5(C(=O)O[C@@H]5O[C@H](CO[C@@H]6O[C@H](CO)[C@@H](O)[C@H](O)[C@H]6O)[C@@H](O)[C@H](O)[C@H]5O)CC[C@]34C)[C@]2(C)CO)[C@H](O)[C@H]1O. The molecule has 19 heteroatoms. The van der Waals surface area contributed by atoms with E-state index in [2.05, 4.69) is 40.7 Å². The van der Waals surface area contributed by atoms with Crippen LogP contribution in [0.3, 0.4) is 0 Å². The molecule has 3 aliphatic heterocycles. The van der Waals surface area contributed by atoms with Gasteiger partial charge in [0.1, 0.15) is 61.0 Å². The average Bonchev–Trinajstić information content (AvgIpc) is 3.29. The highest BCUT2D eigenvalue weighted by molar-refractivity contribution is 5.79. The molecule has 68 heavy (non-hydrogen) atoms. The fourth-order valence-electron chi connectivity index (χ4n) is 15.0. The van der Waals surface area contributed by atoms with Gasteiger partial charge in [-0.05, 0) is 104 Å². The maximum Gasteiger partial charge on any atom is 0.315 e. The summed E-state index contributed by atoms with van der Waals surface area (Å²) in [5, 5.41) is 107. The van der Waals surface area contributed by atoms with Crippen molar-refractivity contribution >= 4 is 11.9 Å². The fraction of sp³-hybridized carbons (Fsp3) is 0.918. The van der Waals surface area contributed by atoms with Crippen molar-refractivity contribution in [1.29, 1.82) is 0 Å². The van der Waals surface area contributed by atoms with E-state index in [1.165, 1.54) is 12.5 Å². The zero-order valence-corrected chi connectivity index (χ0v) is 40.5. The molecule has 0 radical (unpaired) electrons. The van der Waals surface area contributed by atoms with E-state index in [0.717, 1.165) is 32.1 Å². The van der Waals surface area contributed by atoms with E-state index in [9.17, 15) is 60.7 Å². The maximum atomic E-state index is 15.0. The lowest BCUT2D eigenvalue weighted by molar-refractivity contribution is -0.328. The predicted molar refractivity (Wildman–Crippen MR) is 235 cm³/mol. The maximum absolute atomic E-state index is 15.0. The van der Waals surface area contributed by atoms with Crippen molar-refractivity contribution in [2.75, 3.05) is 26.4 Å². The summed E-state index contributed by atoms with van der Waals surface area (Å²) in [6, 6.07) is 0. The molecule has 0 aromatic rings. The third kappa shape index (κ3) is 8.41. The molecular formula is C49H78O19. The van der Waals surface area contributed by atoms with Gasteiger partial charge >= 0.3 is 11.9 Å². The quantitative estimate of drug-likeness (QED) is 0.0801. The van der Waals surface area contributed by atoms with Crippen LogP contribution in [0.2, 0.25) is 0 Å². The average molecular weight is 971 g/mol. The number of allylic oxidation sites excluding steroid dienone is 2. The van der Waals surface area contributed by atoms with Crippen LogP contribution in [0.15, 0.2) is 11.6 Å². The van der Waals surface area contributed by atoms with Crippen molar-refractivity contribution in [3.63, 3.8) is 0 Å². The lowest BCUT2D eigenvalue weighted by Gasteiger charge is -2.71. The second-order valence-corrected chi connectivity index (χ2v) is 23.5. The van der Waals surface area contributed by atoms with Gasteiger partial charge < -0.3 is 84.2 Å². The Hall–Kier alpha value is -1.92. The highest BCUT2D eigenvalue weighted by Gasteiger charge is 2.70. The molecule has 0 aromatic carbocycles. The Bertz CT molecular complexity index is 1880. The zero-order chi connectivity index (χ0) is 49.7. The first-order chi connectivity index (χ1) is 31.8. The smallest absolute Gasteiger partial charge is 0.315 e. The third-order valence-electron chi connectivity index (χ3n) is 19.3. The van der Waals surface area contributed by atoms with Crippen LogP contribution in [0.1, 0.15) is 113 Å². The molecular weight excluding hydrogens is 893 g/mol. The van der Waals surface area contributed by atoms with Crippen molar-refractivity contribution in [1.82, 2.24) is 0 Å². The Balaban J connectivity index is 1.01. The molecule has 23 atom stereocenters. The Labute approximate surface area is 398 Å². The fourth-order valence-corrected chi connectivity index (χ4v) is 15.0. The lowest BCUT2D eigenvalue weighted by Crippen LogP contribution is -2.67. The molecule has 388 valence electrons. The van der Waals surface area contributed by atoms with Crippen LogP contribution in [-0.2, 0) is 42.7 Å². The highest BCUT2D eigenvalue weighted by Crippen LogP contribution is 2.76. The summed E-state index contributed by atoms with van der Waals surface area (Å²) in [6.45, 7) is 13.3. The van der Waals surface area contributed by atoms with Crippen LogP contribution in [0.4, 0.5) is 0 Å². The van der Waals surface area contributed by atoms with Gasteiger partial charge in [-0.2, -0.15) is 0 Å². The molecule has 3 heterocycles. The van der Waals surface area contributed by atoms with Crippen LogP contribution < -0.4 is 0 Å². The molecule has 5 aliphatic carbocycles. The zero-order valence-electron chi connectivity index (χ0n) is 40.5. The standard InChI is InChI=1S/C49H78O19/c1-23(52)64-27-20-63-41(37(58)34(27)55)67-31-11-12-45(4)29(46(31,5)22-51)10-13-48(7)30(45)9-8-24-25-18-44(2,3)14-16-49(25,17-15-47(24,48)6)43(61)68-42-39(60)36(57)33(54)28(66-42)21-62-40-38(59)35(56)32(53)26(19-50)65-40/h8,25-42,50-51,53-60H,9-22H2,1-7H3/t25-,26+,27-,28+,29-,30+,31-,32+,33+,34-,35-,36-,37+,38+,39+,40+,41-,42-,45-,46-,47+,48+,49-/m0/s1. The number of aliphatic hydroxyl groups excluding tert-OH is 10. The third-order valence-corrected chi connectivity index (χ3v) is 19.3. The first kappa shape index (κ1) is 52.4. The van der Waals surface area contributed by atoms with Gasteiger partial charge in [0.15, 0.2) is 18.7 Å². The number of aliphatic hydroxyl groups is 10. The van der Waals surface area contributed by atoms with Gasteiger partial charge in [0, 0.05) is 12.3 Å². The molecule has 3 saturated heterocycles. The summed E-state index contributed by atoms with van der Waals surface area (Å²) in [7, 11) is 0. The first-order valence-corrected chi connectivity index (χ1v) is 24.8. The van der Waals surface area contributed by atoms with Gasteiger partial charge in [-0.1, -0.05) is 53.2 Å². The number of rotatable bonds is 10. The summed E-state index contributed by atoms with van der Waals surface area (Å²) in [6.07, 6.45) is -12.6. The second kappa shape index (κ2) is 18.8. The van der Waals surface area contributed by atoms with Crippen molar-refractivity contribution in [2.45, 2.75) is 205 Å². The Morgan fingerprint density at radius 3 is 1.99 bits per heavy atom. The number of carbonyl (C=O) groups excluding carboxylic acids is 2. The summed E-state index contributed by atoms with van der Waals surface area (Å²) in [5.41, 5.74) is -1.35. The van der Waals surface area contributed by atoms with Crippen LogP contribution >= 0.6 is 0 Å². The highest BCUT2D eigenvalue weighted by atomic mass is 16.7. The van der Waals surface area contributed by atoms with Crippen molar-refractivity contribution in [3.05, 3.63) is 11.6 Å². The summed E-state index contributed by atoms with van der Waals surface area (Å²) in [4.78, 5) is 26.6. The molecule has 0 unspecified atom stereocenters. The lowest BCUT2D eigenvalue weighted by atomic mass is 9.33. The monoisotopic (exact) mass is 971 g/mol. The molecule has 0 bridgehead atoms. The molecule has 10 N–H and O–H groups in total. The minimum Gasteiger partial charge on any atom is -0.457 e. The minimum absolute atomic E-state index is 0.0309. The van der Waals surface area contributed by atoms with Crippen LogP contribution in [0.25, 0.3) is 0 Å². The summed E-state index contributed by atoms with van der Waals surface area (Å²) < 4.78 is 40.6. The largest absolute Gasteiger partial charge is 0.457 e. The van der Waals surface area contributed by atoms with E-state index in [4.69, 9.17) is 33.2 Å². The van der Waals surface area contributed by atoms with Crippen molar-refractivity contribution in [2.24, 2.45) is 50.2 Å². The van der Waals surface area contributed by atoms with E-state index in [0.29, 0.717) is 32.1 Å². The normalized spacial score (nSPS) is 52.3. The van der Waals surface area contributed by atoms with Gasteiger partial charge in [-0.3, -0.25) is 9.59 Å². The Morgan fingerprint density at radius 2 is 1.32 bits per heavy atom. The summed E-state index contributed by atoms with van der Waals surface area (Å²) in [5.74, 6) is -1.15. The van der Waals surface area contributed by atoms with E-state index in [1.807, 2.05) is 6.92 Å². The van der Waals surface area contributed by atoms with Crippen molar-refractivity contribution < 1.29 is 93.8 Å². The molecule has 8 rings (SSSR count). The van der Waals surface area contributed by atoms with E-state index < -0.39 is 128 Å². The van der Waals surface area contributed by atoms with Crippen LogP contribution in [-0.4, -0.2) is 182 Å². The van der Waals surface area contributed by atoms with E-state index >= 15 is 0 Å². The van der Waals surface area contributed by atoms with Crippen molar-refractivity contribution in [3.8, 4) is 0 Å². The van der Waals surface area contributed by atoms with Crippen LogP contribution in [0.5, 0.6) is 0 Å². The van der Waals surface area contributed by atoms with Gasteiger partial charge in [-0.25, -0.2) is 0 Å². The number of ether oxygens (including phenoxy) is 7. The molecule has 0 aromatic heterocycles. The number of fused-ring (bicyclic) bond motifs is 7. The summed E-state index contributed by atoms with van der Waals surface area (Å²) >= 11 is 0. The van der Waals surface area contributed by atoms with Gasteiger partial charge in [0.2, 0.25) is 6.29 Å². The van der Waals surface area contributed by atoms with Gasteiger partial charge in [-0.15, -0.1) is 0 Å². The minimum atomic E-state index is -1.82. The Kier molecular flexibility index (Phi) is 14.5. The first-order valence-electron chi connectivity index (χ1n) is 24.8.